The van der Waals surface area contributed by atoms with Crippen molar-refractivity contribution in [2.75, 3.05) is 0 Å². The van der Waals surface area contributed by atoms with Crippen molar-refractivity contribution in [3.8, 4) is 0 Å². The minimum Gasteiger partial charge on any atom is -0.264 e. The van der Waals surface area contributed by atoms with Crippen LogP contribution in [0.25, 0.3) is 0 Å². The summed E-state index contributed by atoms with van der Waals surface area (Å²) in [6, 6.07) is 0. The van der Waals surface area contributed by atoms with Crippen molar-refractivity contribution in [2.45, 2.75) is 0 Å². The summed E-state index contributed by atoms with van der Waals surface area (Å²) in [5, 5.41) is 0. The average Bonchev–Trinajstić information content (AvgIpc) is 0.722. The normalized spacial score (nSPS) is 5.80. The van der Waals surface area contributed by atoms with Crippen LogP contribution in [0.3, 0.4) is 0 Å². The van der Waals surface area contributed by atoms with E-state index in [1.54, 1.807) is 0 Å². The fraction of sp³-hybridized carbons (Fsp3) is 0. The van der Waals surface area contributed by atoms with Crippen LogP contribution in [-0.4, -0.2) is 17.5 Å². The quantitative estimate of drug-likeness (QED) is 0.344. The van der Waals surface area contributed by atoms with Gasteiger partial charge < -0.3 is 0 Å². The van der Waals surface area contributed by atoms with Gasteiger partial charge in [-0.2, -0.15) is 8.42 Å². The van der Waals surface area contributed by atoms with Crippen molar-refractivity contribution < 1.29 is 274 Å². The second-order valence-corrected chi connectivity index (χ2v) is 1.34. The van der Waals surface area contributed by atoms with E-state index in [-0.39, 0.29) is 257 Å². The Bertz CT molecular complexity index is 96.8. The molecule has 32 valence electrons. The summed E-state index contributed by atoms with van der Waals surface area (Å²) in [6.07, 6.45) is 0. The van der Waals surface area contributed by atoms with Crippen LogP contribution in [0.4, 0.5) is 0 Å². The Morgan fingerprint density at radius 3 is 0.700 bits per heavy atom. The monoisotopic (exact) mass is 293 g/mol. The van der Waals surface area contributed by atoms with Gasteiger partial charge in [0.1, 0.15) is 0 Å². The van der Waals surface area contributed by atoms with Gasteiger partial charge in [0.25, 0.3) is 0 Å². The molecule has 0 bridgehead atoms. The molecule has 10 heteroatoms. The van der Waals surface area contributed by atoms with Gasteiger partial charge in [0, 0.05) is 0 Å². The minimum atomic E-state index is -4.67. The Morgan fingerprint density at radius 2 is 0.700 bits per heavy atom. The van der Waals surface area contributed by atoms with Crippen LogP contribution >= 0.6 is 0 Å². The molecule has 0 aromatic heterocycles. The maximum Gasteiger partial charge on any atom is 1.00 e. The van der Waals surface area contributed by atoms with Gasteiger partial charge >= 0.3 is 267 Å². The van der Waals surface area contributed by atoms with Gasteiger partial charge in [-0.1, -0.05) is 0 Å². The van der Waals surface area contributed by atoms with Gasteiger partial charge in [-0.15, -0.1) is 0 Å². The van der Waals surface area contributed by atoms with Crippen molar-refractivity contribution in [3.05, 3.63) is 0 Å². The van der Waals surface area contributed by atoms with Crippen LogP contribution in [0.15, 0.2) is 0 Å². The first-order chi connectivity index (χ1) is 2.00. The summed E-state index contributed by atoms with van der Waals surface area (Å²) in [5.41, 5.74) is 0. The molecule has 0 saturated heterocycles. The van der Waals surface area contributed by atoms with Crippen LogP contribution in [0, 0.1) is 0 Å². The van der Waals surface area contributed by atoms with E-state index in [9.17, 15) is 0 Å². The van der Waals surface area contributed by atoms with Crippen LogP contribution in [-0.2, 0) is 10.4 Å². The van der Waals surface area contributed by atoms with Crippen LogP contribution in [0.5, 0.6) is 0 Å². The molecular formula is H2K5O4S+5. The molecule has 0 saturated carbocycles. The standard InChI is InChI=1S/5K.H2O4S/c;;;;;1-5(2,3)4/h;;;;;(H2,1,2,3,4)/q5*+1;. The van der Waals surface area contributed by atoms with Gasteiger partial charge in [-0.3, -0.25) is 9.11 Å². The second-order valence-electron chi connectivity index (χ2n) is 0.448. The van der Waals surface area contributed by atoms with Crippen LogP contribution in [0.1, 0.15) is 0 Å². The van der Waals surface area contributed by atoms with Crippen LogP contribution < -0.4 is 257 Å². The molecule has 0 amide bonds. The van der Waals surface area contributed by atoms with Crippen molar-refractivity contribution in [2.24, 2.45) is 0 Å². The summed E-state index contributed by atoms with van der Waals surface area (Å²) in [4.78, 5) is 0. The van der Waals surface area contributed by atoms with E-state index in [2.05, 4.69) is 0 Å². The number of hydrogen-bond donors (Lipinski definition) is 2. The van der Waals surface area contributed by atoms with E-state index in [1.807, 2.05) is 0 Å². The smallest absolute Gasteiger partial charge is 0.264 e. The molecule has 0 heterocycles. The predicted octanol–water partition coefficient (Wildman–Crippen LogP) is -15.6. The Labute approximate surface area is 274 Å². The van der Waals surface area contributed by atoms with Crippen LogP contribution in [0.2, 0.25) is 0 Å². The third-order valence-electron chi connectivity index (χ3n) is 0. The molecule has 0 aliphatic heterocycles. The zero-order valence-electron chi connectivity index (χ0n) is 7.12. The molecule has 0 radical (unpaired) electrons. The maximum atomic E-state index is 8.74. The number of rotatable bonds is 0. The summed E-state index contributed by atoms with van der Waals surface area (Å²) < 4.78 is 31.6. The largest absolute Gasteiger partial charge is 1.00 e. The van der Waals surface area contributed by atoms with E-state index in [1.165, 1.54) is 0 Å². The van der Waals surface area contributed by atoms with E-state index in [4.69, 9.17) is 17.5 Å². The molecule has 0 spiro atoms. The van der Waals surface area contributed by atoms with E-state index in [0.29, 0.717) is 0 Å². The molecule has 0 aliphatic rings. The molecule has 0 aromatic carbocycles. The van der Waals surface area contributed by atoms with Crippen molar-refractivity contribution >= 4 is 10.4 Å². The predicted molar refractivity (Wildman–Crippen MR) is 14.2 cm³/mol. The third-order valence-corrected chi connectivity index (χ3v) is 0. The first-order valence-electron chi connectivity index (χ1n) is 0.698. The van der Waals surface area contributed by atoms with Gasteiger partial charge in [-0.05, 0) is 0 Å². The SMILES string of the molecule is O=S(=O)(O)O.[K+].[K+].[K+].[K+].[K+]. The zero-order valence-corrected chi connectivity index (χ0v) is 23.6. The fourth-order valence-corrected chi connectivity index (χ4v) is 0. The Kier molecular flexibility index (Phi) is 80.4. The maximum absolute atomic E-state index is 8.74. The zero-order chi connectivity index (χ0) is 4.50. The van der Waals surface area contributed by atoms with Crippen molar-refractivity contribution in [3.63, 3.8) is 0 Å². The second kappa shape index (κ2) is 22.3. The Hall–Kier alpha value is 8.05. The minimum absolute atomic E-state index is 0. The molecule has 2 N–H and O–H groups in total. The topological polar surface area (TPSA) is 74.6 Å². The molecule has 0 aliphatic carbocycles. The molecular weight excluding hydrogens is 292 g/mol. The van der Waals surface area contributed by atoms with E-state index < -0.39 is 10.4 Å². The fourth-order valence-electron chi connectivity index (χ4n) is 0. The van der Waals surface area contributed by atoms with E-state index in [0.717, 1.165) is 0 Å². The Morgan fingerprint density at radius 1 is 0.700 bits per heavy atom. The molecule has 0 atom stereocenters. The summed E-state index contributed by atoms with van der Waals surface area (Å²) in [6.45, 7) is 0. The molecule has 0 fully saturated rings. The molecule has 10 heavy (non-hydrogen) atoms. The average molecular weight is 294 g/mol. The van der Waals surface area contributed by atoms with Gasteiger partial charge in [-0.25, -0.2) is 0 Å². The van der Waals surface area contributed by atoms with Gasteiger partial charge in [0.05, 0.1) is 0 Å². The van der Waals surface area contributed by atoms with Gasteiger partial charge in [0.15, 0.2) is 0 Å². The number of hydrogen-bond acceptors (Lipinski definition) is 2. The summed E-state index contributed by atoms with van der Waals surface area (Å²) >= 11 is 0. The molecule has 0 rings (SSSR count). The van der Waals surface area contributed by atoms with Crippen molar-refractivity contribution in [1.29, 1.82) is 0 Å². The molecule has 0 unspecified atom stereocenters. The molecule has 4 nitrogen and oxygen atoms in total. The molecule has 0 aromatic rings. The van der Waals surface area contributed by atoms with Gasteiger partial charge in [0.2, 0.25) is 0 Å². The van der Waals surface area contributed by atoms with E-state index >= 15 is 0 Å². The van der Waals surface area contributed by atoms with Crippen molar-refractivity contribution in [1.82, 2.24) is 0 Å². The first-order valence-corrected chi connectivity index (χ1v) is 2.10. The first kappa shape index (κ1) is 36.1. The Balaban J connectivity index is -0.00000000800. The summed E-state index contributed by atoms with van der Waals surface area (Å²) in [7, 11) is -4.67. The third kappa shape index (κ3) is 56.1. The summed E-state index contributed by atoms with van der Waals surface area (Å²) in [5.74, 6) is 0.